The Kier molecular flexibility index (Phi) is 7.12. The summed E-state index contributed by atoms with van der Waals surface area (Å²) in [4.78, 5) is 0. The molecule has 1 nitrogen and oxygen atoms in total. The van der Waals surface area contributed by atoms with Gasteiger partial charge in [-0.2, -0.15) is 0 Å². The van der Waals surface area contributed by atoms with Gasteiger partial charge in [-0.25, -0.2) is 0 Å². The molecule has 0 radical (unpaired) electrons. The molecule has 190 valence electrons. The van der Waals surface area contributed by atoms with Crippen LogP contribution in [-0.2, 0) is 0 Å². The molecule has 0 spiro atoms. The van der Waals surface area contributed by atoms with Crippen LogP contribution in [0, 0.1) is 0 Å². The summed E-state index contributed by atoms with van der Waals surface area (Å²) in [7, 11) is -1.13. The van der Waals surface area contributed by atoms with Gasteiger partial charge in [-0.05, 0) is 0 Å². The molecule has 6 aromatic rings. The molecule has 6 aromatic carbocycles. The summed E-state index contributed by atoms with van der Waals surface area (Å²) in [5, 5.41) is 6.20. The van der Waals surface area contributed by atoms with Crippen LogP contribution in [0.5, 0.6) is 5.75 Å². The molecule has 0 saturated carbocycles. The Labute approximate surface area is 232 Å². The fraction of sp³-hybridized carbons (Fsp3) is 0. The van der Waals surface area contributed by atoms with Crippen molar-refractivity contribution in [2.75, 3.05) is 0 Å². The Morgan fingerprint density at radius 3 is 0.949 bits per heavy atom. The summed E-state index contributed by atoms with van der Waals surface area (Å²) in [6.45, 7) is -3.81. The van der Waals surface area contributed by atoms with Crippen molar-refractivity contribution in [3.63, 3.8) is 0 Å². The van der Waals surface area contributed by atoms with E-state index in [0.29, 0.717) is 0 Å². The van der Waals surface area contributed by atoms with E-state index < -0.39 is 14.1 Å². The van der Waals surface area contributed by atoms with Crippen LogP contribution in [0.4, 0.5) is 0 Å². The van der Waals surface area contributed by atoms with Crippen LogP contribution in [-0.4, -0.2) is 0 Å². The van der Waals surface area contributed by atoms with E-state index in [4.69, 9.17) is 4.52 Å². The molecule has 0 amide bonds. The normalized spacial score (nSPS) is 12.4. The molecule has 0 unspecified atom stereocenters. The fourth-order valence-corrected chi connectivity index (χ4v) is 19.6. The summed E-state index contributed by atoms with van der Waals surface area (Å²) < 4.78 is 7.88. The Hall–Kier alpha value is -4.02. The fourth-order valence-electron chi connectivity index (χ4n) is 5.52. The van der Waals surface area contributed by atoms with E-state index in [-0.39, 0.29) is 0 Å². The van der Waals surface area contributed by atoms with Crippen molar-refractivity contribution in [2.45, 2.75) is 0 Å². The maximum atomic E-state index is 7.88. The van der Waals surface area contributed by atoms with Crippen molar-refractivity contribution >= 4 is 40.7 Å². The van der Waals surface area contributed by atoms with Gasteiger partial charge in [-0.1, -0.05) is 0 Å². The van der Waals surface area contributed by atoms with Crippen LogP contribution in [0.15, 0.2) is 182 Å². The van der Waals surface area contributed by atoms with Crippen LogP contribution in [0.2, 0.25) is 0 Å². The first-order valence-corrected chi connectivity index (χ1v) is 17.4. The predicted octanol–water partition coefficient (Wildman–Crippen LogP) is 7.56. The Morgan fingerprint density at radius 2 is 0.615 bits per heavy atom. The van der Waals surface area contributed by atoms with Crippen LogP contribution in [0.3, 0.4) is 0 Å². The SMILES string of the molecule is c1ccc(OP(c2ccccc2)(c2ccccc2)(c2ccccc2)P(c2ccccc2)c2ccccc2)cc1. The number of rotatable bonds is 8. The molecule has 0 aliphatic heterocycles. The molecule has 6 rings (SSSR count). The Balaban J connectivity index is 1.90. The van der Waals surface area contributed by atoms with Gasteiger partial charge in [0.25, 0.3) is 0 Å². The minimum atomic E-state index is -3.81. The second-order valence-corrected chi connectivity index (χ2v) is 18.2. The third-order valence-electron chi connectivity index (χ3n) is 7.12. The number of hydrogen-bond acceptors (Lipinski definition) is 1. The molecule has 0 saturated heterocycles. The number of hydrogen-bond donors (Lipinski definition) is 0. The van der Waals surface area contributed by atoms with Crippen LogP contribution in [0.1, 0.15) is 0 Å². The van der Waals surface area contributed by atoms with E-state index in [0.717, 1.165) is 5.75 Å². The molecule has 0 aromatic heterocycles. The Bertz CT molecular complexity index is 1470. The van der Waals surface area contributed by atoms with Gasteiger partial charge >= 0.3 is 233 Å². The van der Waals surface area contributed by atoms with Gasteiger partial charge < -0.3 is 0 Å². The first-order valence-electron chi connectivity index (χ1n) is 13.2. The van der Waals surface area contributed by atoms with E-state index in [2.05, 4.69) is 176 Å². The molecule has 0 bridgehead atoms. The van der Waals surface area contributed by atoms with E-state index >= 15 is 0 Å². The first-order chi connectivity index (χ1) is 19.3. The van der Waals surface area contributed by atoms with Gasteiger partial charge in [0.15, 0.2) is 0 Å². The quantitative estimate of drug-likeness (QED) is 0.181. The summed E-state index contributed by atoms with van der Waals surface area (Å²) in [6, 6.07) is 65.2. The van der Waals surface area contributed by atoms with Crippen molar-refractivity contribution in [3.05, 3.63) is 182 Å². The van der Waals surface area contributed by atoms with Crippen LogP contribution in [0.25, 0.3) is 0 Å². The Morgan fingerprint density at radius 1 is 0.333 bits per heavy atom. The zero-order valence-electron chi connectivity index (χ0n) is 21.6. The average Bonchev–Trinajstić information content (AvgIpc) is 3.03. The number of para-hydroxylation sites is 1. The molecule has 0 N–H and O–H groups in total. The maximum absolute atomic E-state index is 7.88. The van der Waals surface area contributed by atoms with E-state index in [9.17, 15) is 0 Å². The van der Waals surface area contributed by atoms with Gasteiger partial charge in [-0.3, -0.25) is 0 Å². The molecule has 0 aliphatic carbocycles. The summed E-state index contributed by atoms with van der Waals surface area (Å²) in [5.74, 6) is 0.867. The standard InChI is InChI=1S/C36H30OP2/c1-7-19-31(20-8-1)37-39(34-25-13-4-14-26-34,35-27-15-5-16-28-35,36-29-17-6-18-30-36)38(32-21-9-2-10-22-32)33-23-11-3-12-24-33/h1-30H. The first kappa shape index (κ1) is 25.3. The van der Waals surface area contributed by atoms with Gasteiger partial charge in [0, 0.05) is 0 Å². The minimum absolute atomic E-state index is 0.867. The molecular formula is C36H30OP2. The molecule has 3 heteroatoms. The summed E-state index contributed by atoms with van der Waals surface area (Å²) in [6.07, 6.45) is 0. The van der Waals surface area contributed by atoms with Crippen molar-refractivity contribution in [3.8, 4) is 5.75 Å². The van der Waals surface area contributed by atoms with Crippen molar-refractivity contribution in [1.29, 1.82) is 0 Å². The summed E-state index contributed by atoms with van der Waals surface area (Å²) in [5.41, 5.74) is 0. The second kappa shape index (κ2) is 11.0. The van der Waals surface area contributed by atoms with Crippen LogP contribution < -0.4 is 31.0 Å². The monoisotopic (exact) mass is 540 g/mol. The third kappa shape index (κ3) is 4.29. The third-order valence-corrected chi connectivity index (χ3v) is 19.8. The van der Waals surface area contributed by atoms with Crippen molar-refractivity contribution in [1.82, 2.24) is 0 Å². The number of benzene rings is 6. The summed E-state index contributed by atoms with van der Waals surface area (Å²) >= 11 is 0. The van der Waals surface area contributed by atoms with Gasteiger partial charge in [0.1, 0.15) is 0 Å². The molecule has 0 heterocycles. The topological polar surface area (TPSA) is 9.23 Å². The average molecular weight is 541 g/mol. The molecule has 0 fully saturated rings. The van der Waals surface area contributed by atoms with Gasteiger partial charge in [-0.15, -0.1) is 0 Å². The van der Waals surface area contributed by atoms with E-state index in [1.165, 1.54) is 26.5 Å². The van der Waals surface area contributed by atoms with E-state index in [1.54, 1.807) is 0 Å². The molecule has 39 heavy (non-hydrogen) atoms. The zero-order chi connectivity index (χ0) is 26.4. The van der Waals surface area contributed by atoms with Crippen molar-refractivity contribution < 1.29 is 4.52 Å². The molecule has 0 atom stereocenters. The van der Waals surface area contributed by atoms with Crippen LogP contribution >= 0.6 is 14.1 Å². The van der Waals surface area contributed by atoms with Crippen molar-refractivity contribution in [2.24, 2.45) is 0 Å². The predicted molar refractivity (Wildman–Crippen MR) is 171 cm³/mol. The zero-order valence-corrected chi connectivity index (χ0v) is 23.4. The van der Waals surface area contributed by atoms with E-state index in [1.807, 2.05) is 6.07 Å². The van der Waals surface area contributed by atoms with Gasteiger partial charge in [0.05, 0.1) is 0 Å². The molecular weight excluding hydrogens is 510 g/mol. The molecule has 0 aliphatic rings. The second-order valence-electron chi connectivity index (χ2n) is 9.38. The van der Waals surface area contributed by atoms with Gasteiger partial charge in [0.2, 0.25) is 0 Å².